The number of aryl methyl sites for hydroxylation is 2. The summed E-state index contributed by atoms with van der Waals surface area (Å²) in [4.78, 5) is 20.4. The zero-order valence-corrected chi connectivity index (χ0v) is 14.0. The van der Waals surface area contributed by atoms with Gasteiger partial charge in [0.2, 0.25) is 0 Å². The maximum atomic E-state index is 11.9. The minimum atomic E-state index is -0.113. The Balaban J connectivity index is 1.87. The Hall–Kier alpha value is -2.33. The highest BCUT2D eigenvalue weighted by Gasteiger charge is 2.06. The van der Waals surface area contributed by atoms with Crippen molar-refractivity contribution < 1.29 is 0 Å². The summed E-state index contributed by atoms with van der Waals surface area (Å²) in [7, 11) is 0. The molecule has 116 valence electrons. The molecule has 0 saturated heterocycles. The molecular weight excluding hydrogens is 304 g/mol. The monoisotopic (exact) mass is 322 g/mol. The molecule has 0 atom stereocenters. The molecular formula is C19H18N2OS. The van der Waals surface area contributed by atoms with Crippen LogP contribution in [0.25, 0.3) is 0 Å². The number of hydrogen-bond donors (Lipinski definition) is 1. The molecule has 0 aliphatic rings. The van der Waals surface area contributed by atoms with E-state index in [1.54, 1.807) is 6.07 Å². The summed E-state index contributed by atoms with van der Waals surface area (Å²) in [5.41, 5.74) is 4.23. The molecule has 0 unspecified atom stereocenters. The van der Waals surface area contributed by atoms with Crippen LogP contribution in [0.15, 0.2) is 69.4 Å². The number of H-pyrrole nitrogens is 1. The molecule has 1 N–H and O–H groups in total. The molecule has 0 radical (unpaired) electrons. The number of nitrogens with one attached hydrogen (secondary N) is 1. The Kier molecular flexibility index (Phi) is 4.63. The van der Waals surface area contributed by atoms with Crippen molar-refractivity contribution in [3.63, 3.8) is 0 Å². The van der Waals surface area contributed by atoms with Crippen LogP contribution < -0.4 is 5.56 Å². The first-order valence-electron chi connectivity index (χ1n) is 7.49. The smallest absolute Gasteiger partial charge is 0.251 e. The van der Waals surface area contributed by atoms with Crippen molar-refractivity contribution in [2.75, 3.05) is 0 Å². The van der Waals surface area contributed by atoms with Crippen molar-refractivity contribution in [2.45, 2.75) is 30.3 Å². The van der Waals surface area contributed by atoms with Gasteiger partial charge in [-0.15, -0.1) is 0 Å². The zero-order chi connectivity index (χ0) is 16.2. The van der Waals surface area contributed by atoms with Crippen molar-refractivity contribution in [1.29, 1.82) is 0 Å². The number of nitrogens with zero attached hydrogens (tertiary/aromatic N) is 1. The van der Waals surface area contributed by atoms with Crippen LogP contribution in [-0.4, -0.2) is 9.97 Å². The molecule has 1 aromatic heterocycles. The number of rotatable bonds is 4. The second kappa shape index (κ2) is 6.84. The van der Waals surface area contributed by atoms with Crippen LogP contribution in [0, 0.1) is 13.8 Å². The van der Waals surface area contributed by atoms with Crippen LogP contribution in [0.3, 0.4) is 0 Å². The fourth-order valence-corrected chi connectivity index (χ4v) is 3.56. The highest BCUT2D eigenvalue weighted by Crippen LogP contribution is 2.26. The van der Waals surface area contributed by atoms with Gasteiger partial charge in [-0.2, -0.15) is 0 Å². The molecule has 3 aromatic rings. The third-order valence-electron chi connectivity index (χ3n) is 3.41. The fraction of sp³-hybridized carbons (Fsp3) is 0.158. The zero-order valence-electron chi connectivity index (χ0n) is 13.2. The first-order valence-corrected chi connectivity index (χ1v) is 8.30. The number of hydrogen-bond acceptors (Lipinski definition) is 3. The lowest BCUT2D eigenvalue weighted by atomic mass is 10.1. The van der Waals surface area contributed by atoms with Crippen LogP contribution in [0.5, 0.6) is 0 Å². The van der Waals surface area contributed by atoms with E-state index in [4.69, 9.17) is 0 Å². The van der Waals surface area contributed by atoms with E-state index in [2.05, 4.69) is 42.0 Å². The highest BCUT2D eigenvalue weighted by molar-refractivity contribution is 7.99. The summed E-state index contributed by atoms with van der Waals surface area (Å²) < 4.78 is 0. The lowest BCUT2D eigenvalue weighted by Crippen LogP contribution is -2.10. The molecule has 0 amide bonds. The summed E-state index contributed by atoms with van der Waals surface area (Å²) >= 11 is 1.49. The summed E-state index contributed by atoms with van der Waals surface area (Å²) in [6.07, 6.45) is 0.658. The van der Waals surface area contributed by atoms with Crippen LogP contribution in [-0.2, 0) is 6.42 Å². The first kappa shape index (κ1) is 15.6. The highest BCUT2D eigenvalue weighted by atomic mass is 32.2. The Morgan fingerprint density at radius 2 is 1.70 bits per heavy atom. The molecule has 0 spiro atoms. The van der Waals surface area contributed by atoms with E-state index in [0.29, 0.717) is 11.6 Å². The summed E-state index contributed by atoms with van der Waals surface area (Å²) in [5.74, 6) is 0. The second-order valence-electron chi connectivity index (χ2n) is 5.63. The van der Waals surface area contributed by atoms with Gasteiger partial charge in [0, 0.05) is 17.4 Å². The van der Waals surface area contributed by atoms with Gasteiger partial charge in [0.05, 0.1) is 5.69 Å². The maximum Gasteiger partial charge on any atom is 0.251 e. The molecule has 1 heterocycles. The molecule has 23 heavy (non-hydrogen) atoms. The lowest BCUT2D eigenvalue weighted by Gasteiger charge is -2.06. The molecule has 0 aliphatic carbocycles. The topological polar surface area (TPSA) is 45.8 Å². The Morgan fingerprint density at radius 3 is 2.39 bits per heavy atom. The van der Waals surface area contributed by atoms with E-state index in [1.165, 1.54) is 22.9 Å². The normalized spacial score (nSPS) is 10.7. The van der Waals surface area contributed by atoms with E-state index >= 15 is 0 Å². The maximum absolute atomic E-state index is 11.9. The van der Waals surface area contributed by atoms with Crippen molar-refractivity contribution in [1.82, 2.24) is 9.97 Å². The van der Waals surface area contributed by atoms with E-state index in [9.17, 15) is 4.79 Å². The lowest BCUT2D eigenvalue weighted by molar-refractivity contribution is 0.879. The summed E-state index contributed by atoms with van der Waals surface area (Å²) in [5, 5.41) is 0.633. The molecule has 0 saturated carbocycles. The van der Waals surface area contributed by atoms with Gasteiger partial charge < -0.3 is 4.98 Å². The molecule has 2 aromatic carbocycles. The predicted molar refractivity (Wildman–Crippen MR) is 94.1 cm³/mol. The van der Waals surface area contributed by atoms with E-state index in [0.717, 1.165) is 16.2 Å². The van der Waals surface area contributed by atoms with Gasteiger partial charge in [-0.3, -0.25) is 4.79 Å². The minimum Gasteiger partial charge on any atom is -0.301 e. The fourth-order valence-electron chi connectivity index (χ4n) is 2.53. The average molecular weight is 322 g/mol. The number of aromatic nitrogens is 2. The van der Waals surface area contributed by atoms with Gasteiger partial charge in [0.25, 0.3) is 5.56 Å². The van der Waals surface area contributed by atoms with Crippen molar-refractivity contribution >= 4 is 11.8 Å². The Labute approximate surface area is 139 Å². The Bertz CT molecular complexity index is 852. The molecule has 0 aliphatic heterocycles. The third kappa shape index (κ3) is 4.33. The van der Waals surface area contributed by atoms with Gasteiger partial charge in [-0.25, -0.2) is 4.98 Å². The summed E-state index contributed by atoms with van der Waals surface area (Å²) in [6, 6.07) is 17.9. The molecule has 3 rings (SSSR count). The number of aromatic amines is 1. The van der Waals surface area contributed by atoms with E-state index in [1.807, 2.05) is 30.3 Å². The second-order valence-corrected chi connectivity index (χ2v) is 6.69. The largest absolute Gasteiger partial charge is 0.301 e. The van der Waals surface area contributed by atoms with Gasteiger partial charge in [0.1, 0.15) is 0 Å². The van der Waals surface area contributed by atoms with Gasteiger partial charge in [0.15, 0.2) is 5.16 Å². The first-order chi connectivity index (χ1) is 11.1. The minimum absolute atomic E-state index is 0.113. The van der Waals surface area contributed by atoms with Crippen LogP contribution in [0.2, 0.25) is 0 Å². The van der Waals surface area contributed by atoms with Crippen molar-refractivity contribution in [3.8, 4) is 0 Å². The summed E-state index contributed by atoms with van der Waals surface area (Å²) in [6.45, 7) is 4.14. The van der Waals surface area contributed by atoms with Crippen molar-refractivity contribution in [3.05, 3.63) is 87.3 Å². The third-order valence-corrected chi connectivity index (χ3v) is 4.27. The average Bonchev–Trinajstić information content (AvgIpc) is 2.46. The standard InChI is InChI=1S/C19H18N2OS/c1-13-8-14(2)10-17(9-13)23-19-20-16(12-18(22)21-19)11-15-6-4-3-5-7-15/h3-10,12H,11H2,1-2H3,(H,20,21,22). The molecule has 0 fully saturated rings. The molecule has 3 nitrogen and oxygen atoms in total. The SMILES string of the molecule is Cc1cc(C)cc(Sc2nc(Cc3ccccc3)cc(=O)[nH]2)c1. The Morgan fingerprint density at radius 1 is 1.00 bits per heavy atom. The molecule has 0 bridgehead atoms. The van der Waals surface area contributed by atoms with Crippen molar-refractivity contribution in [2.24, 2.45) is 0 Å². The quantitative estimate of drug-likeness (QED) is 0.735. The number of benzene rings is 2. The molecule has 4 heteroatoms. The van der Waals surface area contributed by atoms with E-state index in [-0.39, 0.29) is 5.56 Å². The van der Waals surface area contributed by atoms with Crippen LogP contribution in [0.1, 0.15) is 22.4 Å². The predicted octanol–water partition coefficient (Wildman–Crippen LogP) is 4.13. The van der Waals surface area contributed by atoms with Crippen LogP contribution >= 0.6 is 11.8 Å². The van der Waals surface area contributed by atoms with Gasteiger partial charge in [-0.1, -0.05) is 48.2 Å². The van der Waals surface area contributed by atoms with Gasteiger partial charge >= 0.3 is 0 Å². The van der Waals surface area contributed by atoms with E-state index < -0.39 is 0 Å². The van der Waals surface area contributed by atoms with Crippen LogP contribution in [0.4, 0.5) is 0 Å². The van der Waals surface area contributed by atoms with Gasteiger partial charge in [-0.05, 0) is 42.7 Å².